The zero-order chi connectivity index (χ0) is 17.8. The van der Waals surface area contributed by atoms with Gasteiger partial charge in [-0.25, -0.2) is 0 Å². The molecule has 26 heavy (non-hydrogen) atoms. The van der Waals surface area contributed by atoms with Crippen molar-refractivity contribution in [2.75, 3.05) is 27.6 Å². The van der Waals surface area contributed by atoms with Gasteiger partial charge in [-0.2, -0.15) is 0 Å². The second-order valence-corrected chi connectivity index (χ2v) is 6.59. The van der Waals surface area contributed by atoms with Crippen molar-refractivity contribution in [2.45, 2.75) is 12.6 Å². The first-order valence-electron chi connectivity index (χ1n) is 8.52. The van der Waals surface area contributed by atoms with Crippen LogP contribution in [0.2, 0.25) is 0 Å². The lowest BCUT2D eigenvalue weighted by Crippen LogP contribution is -2.34. The lowest BCUT2D eigenvalue weighted by atomic mass is 9.89. The van der Waals surface area contributed by atoms with E-state index < -0.39 is 6.10 Å². The number of benzene rings is 2. The second-order valence-electron chi connectivity index (χ2n) is 6.59. The van der Waals surface area contributed by atoms with Crippen LogP contribution >= 0.6 is 0 Å². The maximum Gasteiger partial charge on any atom is 0.231 e. The van der Waals surface area contributed by atoms with Crippen LogP contribution in [0.5, 0.6) is 23.0 Å². The number of hydrogen-bond acceptors (Lipinski definition) is 6. The van der Waals surface area contributed by atoms with E-state index in [1.165, 1.54) is 0 Å². The summed E-state index contributed by atoms with van der Waals surface area (Å²) in [6, 6.07) is 7.82. The Bertz CT molecular complexity index is 936. The molecule has 6 nitrogen and oxygen atoms in total. The van der Waals surface area contributed by atoms with E-state index in [4.69, 9.17) is 18.9 Å². The molecule has 0 aliphatic carbocycles. The Kier molecular flexibility index (Phi) is 3.30. The van der Waals surface area contributed by atoms with Crippen LogP contribution in [-0.4, -0.2) is 37.6 Å². The van der Waals surface area contributed by atoms with Crippen LogP contribution in [-0.2, 0) is 6.54 Å². The molecule has 0 fully saturated rings. The fourth-order valence-corrected chi connectivity index (χ4v) is 3.99. The lowest BCUT2D eigenvalue weighted by Gasteiger charge is -2.39. The molecule has 3 aliphatic heterocycles. The number of ether oxygens (including phenoxy) is 4. The number of rotatable bonds is 2. The molecular weight excluding hydrogens is 334 g/mol. The van der Waals surface area contributed by atoms with Crippen molar-refractivity contribution in [3.05, 3.63) is 46.5 Å². The van der Waals surface area contributed by atoms with Gasteiger partial charge in [0.2, 0.25) is 6.79 Å². The third-order valence-electron chi connectivity index (χ3n) is 5.24. The summed E-state index contributed by atoms with van der Waals surface area (Å²) in [6.45, 7) is 1.38. The van der Waals surface area contributed by atoms with Crippen molar-refractivity contribution in [3.63, 3.8) is 0 Å². The van der Waals surface area contributed by atoms with Crippen molar-refractivity contribution in [2.24, 2.45) is 0 Å². The van der Waals surface area contributed by atoms with E-state index in [2.05, 4.69) is 11.0 Å². The van der Waals surface area contributed by atoms with Crippen LogP contribution in [0, 0.1) is 0 Å². The zero-order valence-electron chi connectivity index (χ0n) is 14.6. The molecule has 1 atom stereocenters. The fourth-order valence-electron chi connectivity index (χ4n) is 3.99. The van der Waals surface area contributed by atoms with Crippen LogP contribution in [0.3, 0.4) is 0 Å². The summed E-state index contributed by atoms with van der Waals surface area (Å²) in [5.74, 6) is 2.87. The highest BCUT2D eigenvalue weighted by molar-refractivity contribution is 5.87. The number of fused-ring (bicyclic) bond motifs is 5. The predicted molar refractivity (Wildman–Crippen MR) is 95.4 cm³/mol. The molecule has 0 spiro atoms. The number of nitrogens with zero attached hydrogens (tertiary/aromatic N) is 1. The highest BCUT2D eigenvalue weighted by Crippen LogP contribution is 2.47. The quantitative estimate of drug-likeness (QED) is 0.896. The van der Waals surface area contributed by atoms with E-state index in [9.17, 15) is 5.11 Å². The molecule has 0 radical (unpaired) electrons. The Balaban J connectivity index is 1.69. The largest absolute Gasteiger partial charge is 0.493 e. The maximum absolute atomic E-state index is 10.7. The molecule has 1 N–H and O–H groups in total. The molecule has 6 heteroatoms. The van der Waals surface area contributed by atoms with Crippen molar-refractivity contribution in [1.82, 2.24) is 4.90 Å². The lowest BCUT2D eigenvalue weighted by molar-refractivity contribution is 0.128. The van der Waals surface area contributed by atoms with Gasteiger partial charge in [0.05, 0.1) is 20.3 Å². The van der Waals surface area contributed by atoms with Gasteiger partial charge in [0.15, 0.2) is 23.0 Å². The van der Waals surface area contributed by atoms with Crippen LogP contribution < -0.4 is 18.9 Å². The van der Waals surface area contributed by atoms with E-state index >= 15 is 0 Å². The number of methoxy groups -OCH3 is 2. The molecule has 3 aliphatic rings. The minimum absolute atomic E-state index is 0.219. The minimum atomic E-state index is -0.588. The standard InChI is InChI=1S/C20H19NO5/c1-23-17-4-3-11-5-15-12-6-18-19(26-10-25-18)7-13(12)16(22)9-21(15)8-14(11)20(17)24-2/h3-7,16,22H,8-10H2,1-2H3/t16-/m1/s1. The van der Waals surface area contributed by atoms with Gasteiger partial charge in [-0.05, 0) is 35.4 Å². The highest BCUT2D eigenvalue weighted by Gasteiger charge is 2.34. The fraction of sp³-hybridized carbons (Fsp3) is 0.300. The summed E-state index contributed by atoms with van der Waals surface area (Å²) in [4.78, 5) is 2.17. The Morgan fingerprint density at radius 1 is 1.12 bits per heavy atom. The molecular formula is C20H19NO5. The Labute approximate surface area is 151 Å². The van der Waals surface area contributed by atoms with Gasteiger partial charge in [0.1, 0.15) is 0 Å². The highest BCUT2D eigenvalue weighted by atomic mass is 16.7. The van der Waals surface area contributed by atoms with Crippen molar-refractivity contribution in [1.29, 1.82) is 0 Å². The van der Waals surface area contributed by atoms with E-state index in [0.29, 0.717) is 24.6 Å². The van der Waals surface area contributed by atoms with Crippen molar-refractivity contribution >= 4 is 11.8 Å². The molecule has 0 bridgehead atoms. The number of aliphatic hydroxyl groups is 1. The first-order valence-corrected chi connectivity index (χ1v) is 8.52. The first kappa shape index (κ1) is 15.4. The average molecular weight is 353 g/mol. The normalized spacial score (nSPS) is 19.3. The van der Waals surface area contributed by atoms with Crippen molar-refractivity contribution in [3.8, 4) is 23.0 Å². The summed E-state index contributed by atoms with van der Waals surface area (Å²) < 4.78 is 22.0. The second kappa shape index (κ2) is 5.57. The summed E-state index contributed by atoms with van der Waals surface area (Å²) in [5, 5.41) is 10.7. The van der Waals surface area contributed by atoms with Gasteiger partial charge in [-0.15, -0.1) is 0 Å². The summed E-state index contributed by atoms with van der Waals surface area (Å²) >= 11 is 0. The molecule has 0 aromatic heterocycles. The van der Waals surface area contributed by atoms with Gasteiger partial charge in [-0.1, -0.05) is 6.07 Å². The van der Waals surface area contributed by atoms with Gasteiger partial charge in [0.25, 0.3) is 0 Å². The average Bonchev–Trinajstić information content (AvgIpc) is 3.12. The minimum Gasteiger partial charge on any atom is -0.493 e. The van der Waals surface area contributed by atoms with Crippen molar-refractivity contribution < 1.29 is 24.1 Å². The molecule has 5 rings (SSSR count). The van der Waals surface area contributed by atoms with Gasteiger partial charge < -0.3 is 29.0 Å². The van der Waals surface area contributed by atoms with Gasteiger partial charge >= 0.3 is 0 Å². The molecule has 2 aromatic rings. The van der Waals surface area contributed by atoms with Crippen LogP contribution in [0.15, 0.2) is 24.3 Å². The maximum atomic E-state index is 10.7. The van der Waals surface area contributed by atoms with Gasteiger partial charge in [-0.3, -0.25) is 0 Å². The summed E-state index contributed by atoms with van der Waals surface area (Å²) in [5.41, 5.74) is 5.08. The topological polar surface area (TPSA) is 60.4 Å². The number of hydrogen-bond donors (Lipinski definition) is 1. The molecule has 0 unspecified atom stereocenters. The molecule has 134 valence electrons. The third-order valence-corrected chi connectivity index (χ3v) is 5.24. The van der Waals surface area contributed by atoms with Crippen LogP contribution in [0.1, 0.15) is 28.4 Å². The zero-order valence-corrected chi connectivity index (χ0v) is 14.6. The summed E-state index contributed by atoms with van der Waals surface area (Å²) in [7, 11) is 3.29. The Hall–Kier alpha value is -2.86. The van der Waals surface area contributed by atoms with Gasteiger partial charge in [0, 0.05) is 29.9 Å². The monoisotopic (exact) mass is 353 g/mol. The van der Waals surface area contributed by atoms with Crippen LogP contribution in [0.4, 0.5) is 0 Å². The van der Waals surface area contributed by atoms with E-state index in [1.807, 2.05) is 24.3 Å². The third kappa shape index (κ3) is 2.08. The smallest absolute Gasteiger partial charge is 0.231 e. The molecule has 0 saturated carbocycles. The molecule has 3 heterocycles. The number of aliphatic hydroxyl groups excluding tert-OH is 1. The van der Waals surface area contributed by atoms with E-state index in [0.717, 1.165) is 39.4 Å². The van der Waals surface area contributed by atoms with Crippen LogP contribution in [0.25, 0.3) is 11.8 Å². The molecule has 2 aromatic carbocycles. The summed E-state index contributed by atoms with van der Waals surface area (Å²) in [6.07, 6.45) is 1.54. The Morgan fingerprint density at radius 3 is 2.69 bits per heavy atom. The molecule has 0 amide bonds. The Morgan fingerprint density at radius 2 is 1.92 bits per heavy atom. The van der Waals surface area contributed by atoms with E-state index in [-0.39, 0.29) is 6.79 Å². The predicted octanol–water partition coefficient (Wildman–Crippen LogP) is 2.79. The SMILES string of the molecule is COc1ccc2c(c1OC)CN1C[C@@H](O)c3cc4c(cc3C1=C2)OCO4. The van der Waals surface area contributed by atoms with E-state index in [1.54, 1.807) is 14.2 Å². The first-order chi connectivity index (χ1) is 12.7. The molecule has 0 saturated heterocycles.